The fraction of sp³-hybridized carbons (Fsp3) is 0.650. The Kier molecular flexibility index (Phi) is 8.02. The summed E-state index contributed by atoms with van der Waals surface area (Å²) in [6, 6.07) is 0.115. The number of nitrogens with zero attached hydrogens (tertiary/aromatic N) is 4. The second kappa shape index (κ2) is 10.1. The van der Waals surface area contributed by atoms with Gasteiger partial charge < -0.3 is 19.5 Å². The molecule has 0 aromatic carbocycles. The van der Waals surface area contributed by atoms with E-state index in [1.807, 2.05) is 13.8 Å². The van der Waals surface area contributed by atoms with E-state index in [4.69, 9.17) is 9.90 Å². The van der Waals surface area contributed by atoms with Gasteiger partial charge >= 0.3 is 12.1 Å². The molecule has 3 heterocycles. The maximum absolute atomic E-state index is 12.9. The van der Waals surface area contributed by atoms with E-state index in [0.29, 0.717) is 25.5 Å². The number of halogens is 3. The van der Waals surface area contributed by atoms with Crippen molar-refractivity contribution in [2.24, 2.45) is 18.9 Å². The van der Waals surface area contributed by atoms with Gasteiger partial charge in [0.05, 0.1) is 5.92 Å². The van der Waals surface area contributed by atoms with Crippen molar-refractivity contribution in [1.82, 2.24) is 19.4 Å². The number of imidazole rings is 1. The number of piperidine rings is 1. The van der Waals surface area contributed by atoms with Crippen LogP contribution in [0.2, 0.25) is 0 Å². The molecule has 0 spiro atoms. The van der Waals surface area contributed by atoms with Crippen molar-refractivity contribution in [3.05, 3.63) is 18.2 Å². The van der Waals surface area contributed by atoms with Gasteiger partial charge in [-0.25, -0.2) is 9.78 Å². The molecule has 32 heavy (non-hydrogen) atoms. The number of carboxylic acids is 1. The minimum atomic E-state index is -5.08. The topological polar surface area (TPSA) is 113 Å². The SMILES string of the molecule is CC(C)N1CC(C(=O)N2CCCC(C(=O)c3nccn3C)C2)CC1=O.O=C(O)C(F)(F)F. The van der Waals surface area contributed by atoms with Crippen LogP contribution in [0.15, 0.2) is 12.4 Å². The molecule has 0 bridgehead atoms. The van der Waals surface area contributed by atoms with E-state index >= 15 is 0 Å². The summed E-state index contributed by atoms with van der Waals surface area (Å²) in [4.78, 5) is 54.2. The third-order valence-corrected chi connectivity index (χ3v) is 5.52. The van der Waals surface area contributed by atoms with E-state index in [9.17, 15) is 27.6 Å². The molecule has 0 aliphatic carbocycles. The minimum Gasteiger partial charge on any atom is -0.475 e. The van der Waals surface area contributed by atoms with Crippen LogP contribution in [0.4, 0.5) is 13.2 Å². The summed E-state index contributed by atoms with van der Waals surface area (Å²) in [6.45, 7) is 5.51. The second-order valence-electron chi connectivity index (χ2n) is 8.19. The Morgan fingerprint density at radius 2 is 1.81 bits per heavy atom. The van der Waals surface area contributed by atoms with Crippen LogP contribution in [0.3, 0.4) is 0 Å². The smallest absolute Gasteiger partial charge is 0.475 e. The van der Waals surface area contributed by atoms with Crippen LogP contribution in [-0.4, -0.2) is 79.9 Å². The van der Waals surface area contributed by atoms with Gasteiger partial charge in [0.2, 0.25) is 17.6 Å². The number of alkyl halides is 3. The summed E-state index contributed by atoms with van der Waals surface area (Å²) in [5, 5.41) is 7.12. The average molecular weight is 460 g/mol. The molecule has 2 unspecified atom stereocenters. The summed E-state index contributed by atoms with van der Waals surface area (Å²) in [6.07, 6.45) is 0.150. The van der Waals surface area contributed by atoms with Crippen LogP contribution in [0.1, 0.15) is 43.7 Å². The Labute approximate surface area is 183 Å². The van der Waals surface area contributed by atoms with E-state index in [2.05, 4.69) is 4.98 Å². The monoisotopic (exact) mass is 460 g/mol. The highest BCUT2D eigenvalue weighted by atomic mass is 19.4. The van der Waals surface area contributed by atoms with Crippen molar-refractivity contribution in [3.8, 4) is 0 Å². The Hall–Kier alpha value is -2.92. The lowest BCUT2D eigenvalue weighted by Crippen LogP contribution is -2.45. The van der Waals surface area contributed by atoms with E-state index in [-0.39, 0.29) is 41.9 Å². The summed E-state index contributed by atoms with van der Waals surface area (Å²) in [5.41, 5.74) is 0. The van der Waals surface area contributed by atoms with Gasteiger partial charge in [0.1, 0.15) is 0 Å². The summed E-state index contributed by atoms with van der Waals surface area (Å²) >= 11 is 0. The van der Waals surface area contributed by atoms with E-state index in [1.54, 1.807) is 33.8 Å². The number of carboxylic acid groups (broad SMARTS) is 1. The number of hydrogen-bond donors (Lipinski definition) is 1. The van der Waals surface area contributed by atoms with Gasteiger partial charge in [0.15, 0.2) is 5.82 Å². The number of likely N-dealkylation sites (tertiary alicyclic amines) is 2. The molecule has 2 atom stereocenters. The molecule has 12 heteroatoms. The average Bonchev–Trinajstić information content (AvgIpc) is 3.32. The number of carbonyl (C=O) groups is 4. The fourth-order valence-electron chi connectivity index (χ4n) is 3.83. The number of aliphatic carboxylic acids is 1. The number of amides is 2. The highest BCUT2D eigenvalue weighted by Crippen LogP contribution is 2.26. The standard InChI is InChI=1S/C18H26N4O3.C2HF3O2/c1-12(2)22-11-14(9-15(22)23)18(25)21-7-4-5-13(10-21)16(24)17-19-6-8-20(17)3;3-2(4,5)1(6)7/h6,8,12-14H,4-5,7,9-11H2,1-3H3;(H,6,7). The van der Waals surface area contributed by atoms with E-state index in [0.717, 1.165) is 12.8 Å². The molecule has 0 saturated carbocycles. The first kappa shape index (κ1) is 25.3. The first-order valence-electron chi connectivity index (χ1n) is 10.2. The van der Waals surface area contributed by atoms with Gasteiger partial charge in [-0.1, -0.05) is 0 Å². The zero-order chi connectivity index (χ0) is 24.2. The number of aryl methyl sites for hydroxylation is 1. The van der Waals surface area contributed by atoms with Gasteiger partial charge in [-0.15, -0.1) is 0 Å². The fourth-order valence-corrected chi connectivity index (χ4v) is 3.83. The number of aromatic nitrogens is 2. The Morgan fingerprint density at radius 1 is 1.19 bits per heavy atom. The first-order valence-corrected chi connectivity index (χ1v) is 10.2. The first-order chi connectivity index (χ1) is 14.8. The number of rotatable bonds is 4. The van der Waals surface area contributed by atoms with Crippen LogP contribution in [-0.2, 0) is 21.4 Å². The predicted molar refractivity (Wildman–Crippen MR) is 105 cm³/mol. The lowest BCUT2D eigenvalue weighted by atomic mass is 9.92. The molecule has 2 fully saturated rings. The molecule has 178 valence electrons. The van der Waals surface area contributed by atoms with Crippen molar-refractivity contribution in [1.29, 1.82) is 0 Å². The molecular weight excluding hydrogens is 433 g/mol. The predicted octanol–water partition coefficient (Wildman–Crippen LogP) is 1.73. The molecule has 2 aliphatic rings. The van der Waals surface area contributed by atoms with Crippen molar-refractivity contribution >= 4 is 23.6 Å². The summed E-state index contributed by atoms with van der Waals surface area (Å²) in [5.74, 6) is -2.75. The van der Waals surface area contributed by atoms with Gasteiger partial charge in [-0.2, -0.15) is 13.2 Å². The molecule has 1 aromatic heterocycles. The number of Topliss-reactive ketones (excluding diaryl/α,β-unsaturated/α-hetero) is 1. The number of ketones is 1. The lowest BCUT2D eigenvalue weighted by molar-refractivity contribution is -0.192. The van der Waals surface area contributed by atoms with Crippen LogP contribution in [0.25, 0.3) is 0 Å². The van der Waals surface area contributed by atoms with Crippen molar-refractivity contribution in [2.45, 2.75) is 45.3 Å². The highest BCUT2D eigenvalue weighted by molar-refractivity contribution is 5.95. The maximum Gasteiger partial charge on any atom is 0.490 e. The van der Waals surface area contributed by atoms with E-state index in [1.165, 1.54) is 0 Å². The zero-order valence-electron chi connectivity index (χ0n) is 18.1. The normalized spacial score (nSPS) is 21.4. The second-order valence-corrected chi connectivity index (χ2v) is 8.19. The van der Waals surface area contributed by atoms with Crippen LogP contribution >= 0.6 is 0 Å². The molecule has 1 N–H and O–H groups in total. The van der Waals surface area contributed by atoms with Gasteiger partial charge in [-0.05, 0) is 26.7 Å². The van der Waals surface area contributed by atoms with Crippen LogP contribution in [0, 0.1) is 11.8 Å². The quantitative estimate of drug-likeness (QED) is 0.685. The molecule has 3 rings (SSSR count). The molecule has 0 radical (unpaired) electrons. The lowest BCUT2D eigenvalue weighted by Gasteiger charge is -2.33. The molecule has 1 aromatic rings. The maximum atomic E-state index is 12.9. The van der Waals surface area contributed by atoms with Gasteiger partial charge in [-0.3, -0.25) is 14.4 Å². The Balaban J connectivity index is 0.000000451. The third-order valence-electron chi connectivity index (χ3n) is 5.52. The highest BCUT2D eigenvalue weighted by Gasteiger charge is 2.40. The summed E-state index contributed by atoms with van der Waals surface area (Å²) < 4.78 is 33.5. The number of carbonyl (C=O) groups excluding carboxylic acids is 3. The van der Waals surface area contributed by atoms with Crippen molar-refractivity contribution in [3.63, 3.8) is 0 Å². The molecule has 2 amide bonds. The third kappa shape index (κ3) is 6.07. The molecule has 2 saturated heterocycles. The molecular formula is C20H27F3N4O5. The minimum absolute atomic E-state index is 0.00342. The Bertz CT molecular complexity index is 868. The molecule has 9 nitrogen and oxygen atoms in total. The van der Waals surface area contributed by atoms with Gasteiger partial charge in [0.25, 0.3) is 0 Å². The van der Waals surface area contributed by atoms with Crippen molar-refractivity contribution in [2.75, 3.05) is 19.6 Å². The Morgan fingerprint density at radius 3 is 2.28 bits per heavy atom. The van der Waals surface area contributed by atoms with Crippen LogP contribution < -0.4 is 0 Å². The largest absolute Gasteiger partial charge is 0.490 e. The zero-order valence-corrected chi connectivity index (χ0v) is 18.1. The molecule has 2 aliphatic heterocycles. The van der Waals surface area contributed by atoms with E-state index < -0.39 is 12.1 Å². The number of hydrogen-bond acceptors (Lipinski definition) is 5. The van der Waals surface area contributed by atoms with Crippen molar-refractivity contribution < 1.29 is 37.5 Å². The van der Waals surface area contributed by atoms with Crippen LogP contribution in [0.5, 0.6) is 0 Å². The van der Waals surface area contributed by atoms with Gasteiger partial charge in [0, 0.05) is 57.5 Å². The summed E-state index contributed by atoms with van der Waals surface area (Å²) in [7, 11) is 1.80.